The van der Waals surface area contributed by atoms with Crippen LogP contribution in [-0.2, 0) is 0 Å². The van der Waals surface area contributed by atoms with Gasteiger partial charge in [-0.15, -0.1) is 0 Å². The lowest BCUT2D eigenvalue weighted by Gasteiger charge is -2.12. The molecule has 3 aromatic rings. The second kappa shape index (κ2) is 9.91. The normalized spacial score (nSPS) is 10.2. The number of halogens is 1. The molecule has 32 heavy (non-hydrogen) atoms. The number of hydrogen-bond acceptors (Lipinski definition) is 4. The molecule has 1 aromatic heterocycles. The van der Waals surface area contributed by atoms with Gasteiger partial charge >= 0.3 is 11.9 Å². The summed E-state index contributed by atoms with van der Waals surface area (Å²) in [5.41, 5.74) is 2.06. The fourth-order valence-corrected chi connectivity index (χ4v) is 3.30. The number of aryl methyl sites for hydroxylation is 3. The van der Waals surface area contributed by atoms with Crippen molar-refractivity contribution in [2.75, 3.05) is 7.11 Å². The molecule has 0 bridgehead atoms. The first-order chi connectivity index (χ1) is 15.0. The maximum atomic E-state index is 13.3. The summed E-state index contributed by atoms with van der Waals surface area (Å²) in [6.07, 6.45) is 1.34. The first kappa shape index (κ1) is 24.3. The summed E-state index contributed by atoms with van der Waals surface area (Å²) in [4.78, 5) is 33.3. The first-order valence-electron chi connectivity index (χ1n) is 9.58. The number of carboxylic acid groups (broad SMARTS) is 2. The fourth-order valence-electron chi connectivity index (χ4n) is 3.30. The van der Waals surface area contributed by atoms with E-state index >= 15 is 0 Å². The summed E-state index contributed by atoms with van der Waals surface area (Å²) in [5, 5.41) is 17.8. The van der Waals surface area contributed by atoms with Gasteiger partial charge in [0, 0.05) is 23.6 Å². The van der Waals surface area contributed by atoms with Crippen LogP contribution in [0.5, 0.6) is 5.75 Å². The molecular weight excluding hydrogens is 417 g/mol. The molecule has 0 amide bonds. The minimum Gasteiger partial charge on any atom is -0.497 e. The van der Waals surface area contributed by atoms with Gasteiger partial charge in [-0.3, -0.25) is 4.79 Å². The highest BCUT2D eigenvalue weighted by Gasteiger charge is 2.15. The van der Waals surface area contributed by atoms with Crippen molar-refractivity contribution in [1.29, 1.82) is 0 Å². The quantitative estimate of drug-likeness (QED) is 0.625. The van der Waals surface area contributed by atoms with Crippen molar-refractivity contribution >= 4 is 11.9 Å². The molecule has 0 saturated carbocycles. The van der Waals surface area contributed by atoms with E-state index in [4.69, 9.17) is 14.9 Å². The Morgan fingerprint density at radius 2 is 1.53 bits per heavy atom. The van der Waals surface area contributed by atoms with Crippen molar-refractivity contribution in [3.05, 3.63) is 92.1 Å². The molecule has 7 nitrogen and oxygen atoms in total. The zero-order valence-corrected chi connectivity index (χ0v) is 18.4. The Bertz CT molecular complexity index is 1230. The Morgan fingerprint density at radius 3 is 2.03 bits per heavy atom. The largest absolute Gasteiger partial charge is 0.497 e. The van der Waals surface area contributed by atoms with Crippen molar-refractivity contribution in [2.45, 2.75) is 27.7 Å². The summed E-state index contributed by atoms with van der Waals surface area (Å²) >= 11 is 0. The number of ether oxygens (including phenoxy) is 1. The van der Waals surface area contributed by atoms with Crippen LogP contribution in [-0.4, -0.2) is 33.8 Å². The second-order valence-electron chi connectivity index (χ2n) is 7.20. The van der Waals surface area contributed by atoms with E-state index in [1.165, 1.54) is 19.2 Å². The molecule has 0 aliphatic rings. The van der Waals surface area contributed by atoms with Gasteiger partial charge < -0.3 is 19.5 Å². The summed E-state index contributed by atoms with van der Waals surface area (Å²) in [6.45, 7) is 6.53. The van der Waals surface area contributed by atoms with E-state index in [9.17, 15) is 18.8 Å². The van der Waals surface area contributed by atoms with Crippen LogP contribution >= 0.6 is 0 Å². The molecule has 168 valence electrons. The van der Waals surface area contributed by atoms with Crippen LogP contribution in [0.4, 0.5) is 4.39 Å². The van der Waals surface area contributed by atoms with Crippen LogP contribution < -0.4 is 10.2 Å². The van der Waals surface area contributed by atoms with E-state index in [1.807, 2.05) is 0 Å². The lowest BCUT2D eigenvalue weighted by atomic mass is 9.99. The van der Waals surface area contributed by atoms with Gasteiger partial charge in [0.1, 0.15) is 17.1 Å². The summed E-state index contributed by atoms with van der Waals surface area (Å²) in [7, 11) is 1.57. The molecule has 0 unspecified atom stereocenters. The number of methoxy groups -OCH3 is 1. The Kier molecular flexibility index (Phi) is 7.54. The monoisotopic (exact) mass is 441 g/mol. The lowest BCUT2D eigenvalue weighted by molar-refractivity contribution is 0.0683. The maximum absolute atomic E-state index is 13.3. The smallest absolute Gasteiger partial charge is 0.341 e. The molecule has 0 aliphatic heterocycles. The molecule has 0 aliphatic carbocycles. The van der Waals surface area contributed by atoms with E-state index in [-0.39, 0.29) is 16.7 Å². The zero-order chi connectivity index (χ0) is 24.2. The number of aromatic nitrogens is 1. The zero-order valence-electron chi connectivity index (χ0n) is 18.4. The summed E-state index contributed by atoms with van der Waals surface area (Å²) in [6, 6.07) is 9.99. The third-order valence-electron chi connectivity index (χ3n) is 4.92. The highest BCUT2D eigenvalue weighted by atomic mass is 19.1. The van der Waals surface area contributed by atoms with Crippen molar-refractivity contribution in [2.24, 2.45) is 0 Å². The SMILES string of the molecule is COc1ccc(-n2cc(C(=O)O)c(=O)cc2C)cc1.Cc1cc(C)c(C(=O)O)c(C)c1F. The average molecular weight is 441 g/mol. The van der Waals surface area contributed by atoms with Gasteiger partial charge in [0.05, 0.1) is 12.7 Å². The third-order valence-corrected chi connectivity index (χ3v) is 4.92. The number of rotatable bonds is 4. The Labute approximate surface area is 184 Å². The van der Waals surface area contributed by atoms with Gasteiger partial charge in [0.15, 0.2) is 5.43 Å². The number of carboxylic acids is 2. The van der Waals surface area contributed by atoms with Gasteiger partial charge in [-0.25, -0.2) is 14.0 Å². The Hall–Kier alpha value is -3.94. The molecule has 0 spiro atoms. The minimum atomic E-state index is -1.23. The van der Waals surface area contributed by atoms with Gasteiger partial charge in [-0.2, -0.15) is 0 Å². The van der Waals surface area contributed by atoms with Gasteiger partial charge in [-0.05, 0) is 68.7 Å². The van der Waals surface area contributed by atoms with Crippen molar-refractivity contribution < 1.29 is 28.9 Å². The van der Waals surface area contributed by atoms with E-state index in [0.29, 0.717) is 22.6 Å². The number of hydrogen-bond donors (Lipinski definition) is 2. The standard InChI is InChI=1S/C14H13NO4.C10H11FO2/c1-9-7-13(16)12(14(17)18)8-15(9)10-3-5-11(19-2)6-4-10;1-5-4-6(2)9(11)7(3)8(5)10(12)13/h3-8H,1-2H3,(H,17,18);4H,1-3H3,(H,12,13). The van der Waals surface area contributed by atoms with Crippen molar-refractivity contribution in [3.63, 3.8) is 0 Å². The molecule has 2 aromatic carbocycles. The van der Waals surface area contributed by atoms with Crippen LogP contribution in [0.15, 0.2) is 47.4 Å². The molecule has 0 fully saturated rings. The lowest BCUT2D eigenvalue weighted by Crippen LogP contribution is -2.18. The maximum Gasteiger partial charge on any atom is 0.341 e. The number of nitrogens with zero attached hydrogens (tertiary/aromatic N) is 1. The van der Waals surface area contributed by atoms with E-state index in [1.54, 1.807) is 62.8 Å². The van der Waals surface area contributed by atoms with Crippen LogP contribution in [0.3, 0.4) is 0 Å². The van der Waals surface area contributed by atoms with E-state index < -0.39 is 23.2 Å². The van der Waals surface area contributed by atoms with Crippen LogP contribution in [0, 0.1) is 33.5 Å². The predicted molar refractivity (Wildman–Crippen MR) is 118 cm³/mol. The molecule has 1 heterocycles. The molecule has 0 radical (unpaired) electrons. The molecule has 3 rings (SSSR count). The molecule has 0 atom stereocenters. The average Bonchev–Trinajstić information content (AvgIpc) is 2.72. The Morgan fingerprint density at radius 1 is 0.938 bits per heavy atom. The van der Waals surface area contributed by atoms with Crippen molar-refractivity contribution in [3.8, 4) is 11.4 Å². The van der Waals surface area contributed by atoms with Crippen LogP contribution in [0.25, 0.3) is 5.69 Å². The van der Waals surface area contributed by atoms with E-state index in [0.717, 1.165) is 5.69 Å². The topological polar surface area (TPSA) is 106 Å². The fraction of sp³-hybridized carbons (Fsp3) is 0.208. The summed E-state index contributed by atoms with van der Waals surface area (Å²) in [5.74, 6) is -2.02. The summed E-state index contributed by atoms with van der Waals surface area (Å²) < 4.78 is 20.0. The van der Waals surface area contributed by atoms with Gasteiger partial charge in [0.2, 0.25) is 0 Å². The molecular formula is C24H24FNO6. The minimum absolute atomic E-state index is 0.0723. The molecule has 0 saturated heterocycles. The first-order valence-corrected chi connectivity index (χ1v) is 9.58. The number of carbonyl (C=O) groups is 2. The van der Waals surface area contributed by atoms with Crippen LogP contribution in [0.1, 0.15) is 43.1 Å². The highest BCUT2D eigenvalue weighted by molar-refractivity contribution is 5.91. The van der Waals surface area contributed by atoms with Crippen LogP contribution in [0.2, 0.25) is 0 Å². The number of aromatic carboxylic acids is 2. The molecule has 8 heteroatoms. The number of benzene rings is 2. The third kappa shape index (κ3) is 5.21. The Balaban J connectivity index is 0.000000244. The van der Waals surface area contributed by atoms with Gasteiger partial charge in [0.25, 0.3) is 0 Å². The molecule has 2 N–H and O–H groups in total. The predicted octanol–water partition coefficient (Wildman–Crippen LogP) is 4.30. The van der Waals surface area contributed by atoms with Gasteiger partial charge in [-0.1, -0.05) is 6.07 Å². The van der Waals surface area contributed by atoms with E-state index in [2.05, 4.69) is 0 Å². The second-order valence-corrected chi connectivity index (χ2v) is 7.20. The number of pyridine rings is 1. The highest BCUT2D eigenvalue weighted by Crippen LogP contribution is 2.20. The van der Waals surface area contributed by atoms with Crippen molar-refractivity contribution in [1.82, 2.24) is 4.57 Å².